The van der Waals surface area contributed by atoms with Crippen LogP contribution in [0.3, 0.4) is 0 Å². The van der Waals surface area contributed by atoms with Crippen LogP contribution in [0.2, 0.25) is 0 Å². The Balaban J connectivity index is 2.51. The molecule has 0 aromatic heterocycles. The number of carbonyl (C=O) groups excluding carboxylic acids is 1. The molecule has 5 heteroatoms. The van der Waals surface area contributed by atoms with Crippen LogP contribution in [-0.2, 0) is 0 Å². The van der Waals surface area contributed by atoms with Crippen molar-refractivity contribution in [2.24, 2.45) is 0 Å². The molecule has 1 aliphatic carbocycles. The largest absolute Gasteiger partial charge is 0.504 e. The van der Waals surface area contributed by atoms with E-state index in [1.807, 2.05) is 0 Å². The van der Waals surface area contributed by atoms with Gasteiger partial charge in [-0.1, -0.05) is 24.3 Å². The van der Waals surface area contributed by atoms with Crippen molar-refractivity contribution in [1.82, 2.24) is 0 Å². The van der Waals surface area contributed by atoms with E-state index in [4.69, 9.17) is 0 Å². The van der Waals surface area contributed by atoms with Gasteiger partial charge in [-0.15, -0.1) is 0 Å². The fourth-order valence-corrected chi connectivity index (χ4v) is 2.21. The van der Waals surface area contributed by atoms with Gasteiger partial charge in [-0.2, -0.15) is 0 Å². The summed E-state index contributed by atoms with van der Waals surface area (Å²) in [5.41, 5.74) is 0.580. The van der Waals surface area contributed by atoms with E-state index in [1.165, 1.54) is 0 Å². The summed E-state index contributed by atoms with van der Waals surface area (Å²) in [4.78, 5) is 12.1. The van der Waals surface area contributed by atoms with E-state index in [1.54, 1.807) is 24.3 Å². The van der Waals surface area contributed by atoms with Crippen LogP contribution in [-0.4, -0.2) is 26.2 Å². The fourth-order valence-electron chi connectivity index (χ4n) is 2.21. The quantitative estimate of drug-likeness (QED) is 0.356. The smallest absolute Gasteiger partial charge is 0.205 e. The Bertz CT molecular complexity index is 703. The van der Waals surface area contributed by atoms with Crippen LogP contribution in [0.4, 0.5) is 0 Å². The number of aromatic hydroxyl groups is 4. The highest BCUT2D eigenvalue weighted by atomic mass is 16.3. The lowest BCUT2D eigenvalue weighted by Gasteiger charge is -2.09. The minimum atomic E-state index is -0.896. The van der Waals surface area contributed by atoms with E-state index in [-0.39, 0.29) is 11.1 Å². The number of carbonyl (C=O) groups is 1. The fraction of sp³-hybridized carbons (Fsp3) is 0. The molecule has 2 aromatic carbocycles. The molecular formula is C13H8O5. The summed E-state index contributed by atoms with van der Waals surface area (Å²) >= 11 is 0. The van der Waals surface area contributed by atoms with Gasteiger partial charge in [0.25, 0.3) is 0 Å². The van der Waals surface area contributed by atoms with Crippen molar-refractivity contribution in [3.8, 4) is 34.1 Å². The Labute approximate surface area is 101 Å². The minimum absolute atomic E-state index is 0.0448. The van der Waals surface area contributed by atoms with Gasteiger partial charge in [-0.05, 0) is 5.56 Å². The lowest BCUT2D eigenvalue weighted by atomic mass is 10.0. The zero-order chi connectivity index (χ0) is 13.0. The van der Waals surface area contributed by atoms with Gasteiger partial charge in [-0.3, -0.25) is 4.79 Å². The van der Waals surface area contributed by atoms with Crippen LogP contribution in [0.25, 0.3) is 11.1 Å². The second-order valence-corrected chi connectivity index (χ2v) is 4.02. The summed E-state index contributed by atoms with van der Waals surface area (Å²) in [6.45, 7) is 0. The van der Waals surface area contributed by atoms with E-state index in [2.05, 4.69) is 0 Å². The van der Waals surface area contributed by atoms with Crippen molar-refractivity contribution >= 4 is 5.78 Å². The molecule has 0 radical (unpaired) electrons. The Morgan fingerprint density at radius 3 is 1.78 bits per heavy atom. The molecule has 0 spiro atoms. The normalized spacial score (nSPS) is 12.3. The molecule has 90 valence electrons. The van der Waals surface area contributed by atoms with Crippen molar-refractivity contribution in [2.45, 2.75) is 0 Å². The van der Waals surface area contributed by atoms with Crippen LogP contribution in [0.15, 0.2) is 24.3 Å². The summed E-state index contributed by atoms with van der Waals surface area (Å²) in [6.07, 6.45) is 0. The van der Waals surface area contributed by atoms with Gasteiger partial charge in [0.05, 0.1) is 5.56 Å². The molecule has 0 unspecified atom stereocenters. The summed E-state index contributed by atoms with van der Waals surface area (Å²) in [5.74, 6) is -3.56. The molecule has 0 bridgehead atoms. The average Bonchev–Trinajstić information content (AvgIpc) is 2.68. The highest BCUT2D eigenvalue weighted by molar-refractivity contribution is 6.24. The molecule has 0 atom stereocenters. The SMILES string of the molecule is O=C1c2ccccc2-c2c(O)c(O)c(O)c(O)c21. The maximum atomic E-state index is 12.1. The molecule has 0 fully saturated rings. The molecule has 18 heavy (non-hydrogen) atoms. The molecule has 0 heterocycles. The van der Waals surface area contributed by atoms with E-state index >= 15 is 0 Å². The number of rotatable bonds is 0. The van der Waals surface area contributed by atoms with E-state index in [9.17, 15) is 25.2 Å². The lowest BCUT2D eigenvalue weighted by Crippen LogP contribution is -1.95. The van der Waals surface area contributed by atoms with Crippen molar-refractivity contribution in [3.63, 3.8) is 0 Å². The minimum Gasteiger partial charge on any atom is -0.504 e. The number of phenols is 4. The summed E-state index contributed by atoms with van der Waals surface area (Å²) in [7, 11) is 0. The highest BCUT2D eigenvalue weighted by Gasteiger charge is 2.35. The van der Waals surface area contributed by atoms with Crippen molar-refractivity contribution in [2.75, 3.05) is 0 Å². The van der Waals surface area contributed by atoms with Crippen LogP contribution >= 0.6 is 0 Å². The molecule has 0 amide bonds. The van der Waals surface area contributed by atoms with Crippen LogP contribution < -0.4 is 0 Å². The molecule has 0 saturated carbocycles. The van der Waals surface area contributed by atoms with Gasteiger partial charge >= 0.3 is 0 Å². The van der Waals surface area contributed by atoms with Crippen molar-refractivity contribution in [3.05, 3.63) is 35.4 Å². The molecule has 3 rings (SSSR count). The number of benzene rings is 2. The lowest BCUT2D eigenvalue weighted by molar-refractivity contribution is 0.104. The van der Waals surface area contributed by atoms with Crippen LogP contribution in [0.1, 0.15) is 15.9 Å². The summed E-state index contributed by atoms with van der Waals surface area (Å²) in [6, 6.07) is 6.46. The predicted octanol–water partition coefficient (Wildman–Crippen LogP) is 1.72. The predicted molar refractivity (Wildman–Crippen MR) is 62.0 cm³/mol. The molecule has 1 aliphatic rings. The van der Waals surface area contributed by atoms with Gasteiger partial charge in [0.1, 0.15) is 0 Å². The standard InChI is InChI=1S/C13H8O5/c14-9-6-4-2-1-3-5(6)7-8(9)11(16)13(18)12(17)10(7)15/h1-4,15-18H. The second-order valence-electron chi connectivity index (χ2n) is 4.02. The molecule has 0 aliphatic heterocycles. The molecule has 4 N–H and O–H groups in total. The van der Waals surface area contributed by atoms with Crippen LogP contribution in [0, 0.1) is 0 Å². The van der Waals surface area contributed by atoms with Gasteiger partial charge in [0.15, 0.2) is 17.3 Å². The number of hydrogen-bond acceptors (Lipinski definition) is 5. The van der Waals surface area contributed by atoms with E-state index < -0.39 is 28.8 Å². The number of fused-ring (bicyclic) bond motifs is 3. The molecule has 5 nitrogen and oxygen atoms in total. The third-order valence-electron chi connectivity index (χ3n) is 3.06. The van der Waals surface area contributed by atoms with Crippen molar-refractivity contribution in [1.29, 1.82) is 0 Å². The highest BCUT2D eigenvalue weighted by Crippen LogP contribution is 2.55. The number of ketones is 1. The Morgan fingerprint density at radius 1 is 0.667 bits per heavy atom. The van der Waals surface area contributed by atoms with Gasteiger partial charge in [0.2, 0.25) is 11.5 Å². The third-order valence-corrected chi connectivity index (χ3v) is 3.06. The zero-order valence-corrected chi connectivity index (χ0v) is 9.01. The maximum Gasteiger partial charge on any atom is 0.205 e. The topological polar surface area (TPSA) is 98.0 Å². The Kier molecular flexibility index (Phi) is 1.84. The number of hydrogen-bond donors (Lipinski definition) is 4. The first kappa shape index (κ1) is 10.5. The Hall–Kier alpha value is -2.69. The summed E-state index contributed by atoms with van der Waals surface area (Å²) in [5, 5.41) is 38.5. The van der Waals surface area contributed by atoms with Gasteiger partial charge in [-0.25, -0.2) is 0 Å². The van der Waals surface area contributed by atoms with Crippen molar-refractivity contribution < 1.29 is 25.2 Å². The first-order valence-electron chi connectivity index (χ1n) is 5.18. The average molecular weight is 244 g/mol. The Morgan fingerprint density at radius 2 is 1.17 bits per heavy atom. The van der Waals surface area contributed by atoms with Gasteiger partial charge < -0.3 is 20.4 Å². The molecular weight excluding hydrogens is 236 g/mol. The molecule has 0 saturated heterocycles. The van der Waals surface area contributed by atoms with E-state index in [0.717, 1.165) is 0 Å². The monoisotopic (exact) mass is 244 g/mol. The third kappa shape index (κ3) is 1.03. The number of phenolic OH excluding ortho intramolecular Hbond substituents is 4. The maximum absolute atomic E-state index is 12.1. The first-order valence-corrected chi connectivity index (χ1v) is 5.18. The van der Waals surface area contributed by atoms with E-state index in [0.29, 0.717) is 11.1 Å². The second kappa shape index (κ2) is 3.16. The van der Waals surface area contributed by atoms with Gasteiger partial charge in [0, 0.05) is 11.1 Å². The zero-order valence-electron chi connectivity index (χ0n) is 9.01. The molecule has 2 aromatic rings. The first-order chi connectivity index (χ1) is 8.54. The van der Waals surface area contributed by atoms with Crippen LogP contribution in [0.5, 0.6) is 23.0 Å². The summed E-state index contributed by atoms with van der Waals surface area (Å²) < 4.78 is 0.